The van der Waals surface area contributed by atoms with E-state index in [0.29, 0.717) is 13.1 Å². The Morgan fingerprint density at radius 3 is 2.31 bits per heavy atom. The van der Waals surface area contributed by atoms with Gasteiger partial charge in [-0.15, -0.1) is 0 Å². The number of rotatable bonds is 5. The van der Waals surface area contributed by atoms with Crippen molar-refractivity contribution >= 4 is 10.0 Å². The topological polar surface area (TPSA) is 60.9 Å². The standard InChI is InChI=1S/C28H31FN2O3S/c1-20-6-2-3-7-25(20)21-8-10-22(11-9-21)28-26-18-30(16-4-5-17-31(26)27(28)19-32)35(33,34)24-14-12-23(29)13-15-24/h2-3,6-15,26-28,32H,4-5,16-19H2,1H3/t26-,27-,28-/m1/s1. The van der Waals surface area contributed by atoms with Crippen molar-refractivity contribution in [2.45, 2.75) is 42.7 Å². The number of hydrogen-bond donors (Lipinski definition) is 1. The van der Waals surface area contributed by atoms with Gasteiger partial charge in [0.2, 0.25) is 10.0 Å². The van der Waals surface area contributed by atoms with Crippen molar-refractivity contribution < 1.29 is 17.9 Å². The zero-order chi connectivity index (χ0) is 24.6. The highest BCUT2D eigenvalue weighted by Crippen LogP contribution is 2.43. The van der Waals surface area contributed by atoms with Gasteiger partial charge in [-0.1, -0.05) is 48.5 Å². The molecule has 0 saturated carbocycles. The largest absolute Gasteiger partial charge is 0.395 e. The van der Waals surface area contributed by atoms with Crippen molar-refractivity contribution in [3.63, 3.8) is 0 Å². The third-order valence-electron chi connectivity index (χ3n) is 7.54. The molecule has 7 heteroatoms. The second kappa shape index (κ2) is 9.82. The van der Waals surface area contributed by atoms with Gasteiger partial charge in [0.05, 0.1) is 11.5 Å². The predicted molar refractivity (Wildman–Crippen MR) is 135 cm³/mol. The Morgan fingerprint density at radius 2 is 1.63 bits per heavy atom. The number of halogens is 1. The highest BCUT2D eigenvalue weighted by molar-refractivity contribution is 7.89. The molecule has 0 bridgehead atoms. The molecule has 0 aliphatic carbocycles. The van der Waals surface area contributed by atoms with E-state index in [4.69, 9.17) is 0 Å². The Hall–Kier alpha value is -2.58. The van der Waals surface area contributed by atoms with Crippen LogP contribution in [0.5, 0.6) is 0 Å². The van der Waals surface area contributed by atoms with Crippen LogP contribution in [-0.2, 0) is 10.0 Å². The summed E-state index contributed by atoms with van der Waals surface area (Å²) in [5, 5.41) is 10.2. The first kappa shape index (κ1) is 24.1. The average molecular weight is 495 g/mol. The average Bonchev–Trinajstić information content (AvgIpc) is 2.84. The lowest BCUT2D eigenvalue weighted by Gasteiger charge is -2.57. The molecule has 5 rings (SSSR count). The maximum atomic E-state index is 13.4. The summed E-state index contributed by atoms with van der Waals surface area (Å²) in [6, 6.07) is 21.7. The quantitative estimate of drug-likeness (QED) is 0.571. The molecular weight excluding hydrogens is 463 g/mol. The smallest absolute Gasteiger partial charge is 0.243 e. The molecule has 0 unspecified atom stereocenters. The molecule has 5 nitrogen and oxygen atoms in total. The lowest BCUT2D eigenvalue weighted by Crippen LogP contribution is -2.67. The van der Waals surface area contributed by atoms with Crippen LogP contribution in [0, 0.1) is 12.7 Å². The number of nitrogens with zero attached hydrogens (tertiary/aromatic N) is 2. The van der Waals surface area contributed by atoms with Gasteiger partial charge in [0, 0.05) is 31.1 Å². The summed E-state index contributed by atoms with van der Waals surface area (Å²) in [7, 11) is -3.74. The van der Waals surface area contributed by atoms with E-state index in [1.54, 1.807) is 4.31 Å². The summed E-state index contributed by atoms with van der Waals surface area (Å²) in [5.41, 5.74) is 4.66. The van der Waals surface area contributed by atoms with Crippen molar-refractivity contribution in [2.75, 3.05) is 26.2 Å². The minimum Gasteiger partial charge on any atom is -0.395 e. The number of fused-ring (bicyclic) bond motifs is 1. The van der Waals surface area contributed by atoms with Crippen LogP contribution in [0.1, 0.15) is 29.9 Å². The van der Waals surface area contributed by atoms with Gasteiger partial charge in [-0.2, -0.15) is 4.31 Å². The van der Waals surface area contributed by atoms with Gasteiger partial charge in [0.15, 0.2) is 0 Å². The van der Waals surface area contributed by atoms with E-state index in [-0.39, 0.29) is 29.5 Å². The molecule has 2 aliphatic heterocycles. The van der Waals surface area contributed by atoms with E-state index in [0.717, 1.165) is 30.5 Å². The second-order valence-electron chi connectivity index (χ2n) is 9.54. The Kier molecular flexibility index (Phi) is 6.77. The SMILES string of the molecule is Cc1ccccc1-c1ccc([C@H]2[C@@H](CO)N3CCCCN(S(=O)(=O)c4ccc(F)cc4)C[C@H]23)cc1. The molecular formula is C28H31FN2O3S. The minimum absolute atomic E-state index is 0.0213. The summed E-state index contributed by atoms with van der Waals surface area (Å²) in [4.78, 5) is 2.37. The van der Waals surface area contributed by atoms with Crippen LogP contribution in [0.25, 0.3) is 11.1 Å². The summed E-state index contributed by atoms with van der Waals surface area (Å²) in [5.74, 6) is -0.420. The minimum atomic E-state index is -3.74. The van der Waals surface area contributed by atoms with Crippen LogP contribution in [0.2, 0.25) is 0 Å². The molecule has 2 aliphatic rings. The van der Waals surface area contributed by atoms with Crippen LogP contribution >= 0.6 is 0 Å². The summed E-state index contributed by atoms with van der Waals surface area (Å²) >= 11 is 0. The number of sulfonamides is 1. The van der Waals surface area contributed by atoms with Gasteiger partial charge in [-0.3, -0.25) is 4.90 Å². The van der Waals surface area contributed by atoms with Gasteiger partial charge in [0.1, 0.15) is 5.82 Å². The Morgan fingerprint density at radius 1 is 0.943 bits per heavy atom. The van der Waals surface area contributed by atoms with E-state index in [2.05, 4.69) is 48.2 Å². The third kappa shape index (κ3) is 4.54. The van der Waals surface area contributed by atoms with Crippen LogP contribution in [-0.4, -0.2) is 61.1 Å². The molecule has 3 atom stereocenters. The molecule has 184 valence electrons. The fourth-order valence-corrected chi connectivity index (χ4v) is 7.16. The second-order valence-corrected chi connectivity index (χ2v) is 11.5. The summed E-state index contributed by atoms with van der Waals surface area (Å²) in [6.45, 7) is 3.76. The number of aryl methyl sites for hydroxylation is 1. The Balaban J connectivity index is 1.43. The van der Waals surface area contributed by atoms with Crippen molar-refractivity contribution in [3.8, 4) is 11.1 Å². The van der Waals surface area contributed by atoms with Crippen LogP contribution in [0.4, 0.5) is 4.39 Å². The predicted octanol–water partition coefficient (Wildman–Crippen LogP) is 4.41. The van der Waals surface area contributed by atoms with Crippen LogP contribution in [0.15, 0.2) is 77.7 Å². The summed E-state index contributed by atoms with van der Waals surface area (Å²) in [6.07, 6.45) is 1.61. The normalized spacial score (nSPS) is 23.7. The van der Waals surface area contributed by atoms with Crippen molar-refractivity contribution in [1.82, 2.24) is 9.21 Å². The fraction of sp³-hybridized carbons (Fsp3) is 0.357. The maximum Gasteiger partial charge on any atom is 0.243 e. The molecule has 2 heterocycles. The first-order valence-electron chi connectivity index (χ1n) is 12.2. The van der Waals surface area contributed by atoms with Gasteiger partial charge >= 0.3 is 0 Å². The van der Waals surface area contributed by atoms with Crippen LogP contribution < -0.4 is 0 Å². The molecule has 3 aromatic rings. The van der Waals surface area contributed by atoms with E-state index < -0.39 is 15.8 Å². The Labute approximate surface area is 206 Å². The van der Waals surface area contributed by atoms with Gasteiger partial charge < -0.3 is 5.11 Å². The molecule has 0 aromatic heterocycles. The zero-order valence-electron chi connectivity index (χ0n) is 19.8. The molecule has 3 aromatic carbocycles. The van der Waals surface area contributed by atoms with Gasteiger partial charge in [-0.05, 0) is 72.8 Å². The van der Waals surface area contributed by atoms with Gasteiger partial charge in [0.25, 0.3) is 0 Å². The number of hydrogen-bond acceptors (Lipinski definition) is 4. The van der Waals surface area contributed by atoms with E-state index in [9.17, 15) is 17.9 Å². The first-order chi connectivity index (χ1) is 16.9. The maximum absolute atomic E-state index is 13.4. The molecule has 1 N–H and O–H groups in total. The number of aliphatic hydroxyl groups is 1. The highest BCUT2D eigenvalue weighted by Gasteiger charge is 2.50. The number of benzene rings is 3. The molecule has 2 saturated heterocycles. The fourth-order valence-electron chi connectivity index (χ4n) is 5.66. The highest BCUT2D eigenvalue weighted by atomic mass is 32.2. The van der Waals surface area contributed by atoms with Gasteiger partial charge in [-0.25, -0.2) is 12.8 Å². The van der Waals surface area contributed by atoms with Crippen molar-refractivity contribution in [3.05, 3.63) is 89.7 Å². The molecule has 35 heavy (non-hydrogen) atoms. The van der Waals surface area contributed by atoms with E-state index >= 15 is 0 Å². The molecule has 0 spiro atoms. The summed E-state index contributed by atoms with van der Waals surface area (Å²) < 4.78 is 41.7. The van der Waals surface area contributed by atoms with Crippen molar-refractivity contribution in [2.24, 2.45) is 0 Å². The lowest BCUT2D eigenvalue weighted by molar-refractivity contribution is -0.0553. The van der Waals surface area contributed by atoms with Crippen LogP contribution in [0.3, 0.4) is 0 Å². The third-order valence-corrected chi connectivity index (χ3v) is 9.42. The zero-order valence-corrected chi connectivity index (χ0v) is 20.7. The number of aliphatic hydroxyl groups excluding tert-OH is 1. The van der Waals surface area contributed by atoms with E-state index in [1.165, 1.54) is 35.4 Å². The first-order valence-corrected chi connectivity index (χ1v) is 13.6. The molecule has 0 radical (unpaired) electrons. The Bertz CT molecular complexity index is 1280. The van der Waals surface area contributed by atoms with E-state index in [1.807, 2.05) is 12.1 Å². The molecule has 2 fully saturated rings. The lowest BCUT2D eigenvalue weighted by atomic mass is 9.74. The molecule has 0 amide bonds. The van der Waals surface area contributed by atoms with Crippen molar-refractivity contribution in [1.29, 1.82) is 0 Å². The monoisotopic (exact) mass is 494 g/mol.